The van der Waals surface area contributed by atoms with E-state index in [2.05, 4.69) is 10.3 Å². The molecule has 23 heavy (non-hydrogen) atoms. The molecule has 9 heteroatoms. The molecule has 1 aliphatic rings. The van der Waals surface area contributed by atoms with E-state index in [0.29, 0.717) is 36.2 Å². The summed E-state index contributed by atoms with van der Waals surface area (Å²) in [6.45, 7) is 1.47. The van der Waals surface area contributed by atoms with E-state index in [0.717, 1.165) is 5.56 Å². The summed E-state index contributed by atoms with van der Waals surface area (Å²) in [7, 11) is 0. The van der Waals surface area contributed by atoms with Gasteiger partial charge < -0.3 is 24.9 Å². The van der Waals surface area contributed by atoms with Crippen molar-refractivity contribution in [3.8, 4) is 11.5 Å². The molecular weight excluding hydrogens is 320 g/mol. The fourth-order valence-electron chi connectivity index (χ4n) is 2.45. The van der Waals surface area contributed by atoms with Gasteiger partial charge in [0.1, 0.15) is 19.4 Å². The molecule has 4 rings (SSSR count). The highest BCUT2D eigenvalue weighted by Crippen LogP contribution is 2.32. The molecule has 118 valence electrons. The SMILES string of the molecule is O=[N+]([O-])c1c(NCc2ccc3c(c2)OCCO3)nc2sccn12. The summed E-state index contributed by atoms with van der Waals surface area (Å²) < 4.78 is 12.5. The third-order valence-corrected chi connectivity index (χ3v) is 4.23. The van der Waals surface area contributed by atoms with Gasteiger partial charge in [0, 0.05) is 11.9 Å². The molecule has 0 bridgehead atoms. The highest BCUT2D eigenvalue weighted by molar-refractivity contribution is 7.15. The van der Waals surface area contributed by atoms with E-state index in [9.17, 15) is 10.1 Å². The van der Waals surface area contributed by atoms with Gasteiger partial charge in [-0.05, 0) is 22.6 Å². The number of aromatic nitrogens is 2. The number of fused-ring (bicyclic) bond motifs is 2. The molecule has 0 unspecified atom stereocenters. The molecule has 0 atom stereocenters. The van der Waals surface area contributed by atoms with Gasteiger partial charge in [-0.1, -0.05) is 17.4 Å². The van der Waals surface area contributed by atoms with Crippen molar-refractivity contribution in [2.45, 2.75) is 6.54 Å². The molecule has 1 aromatic carbocycles. The lowest BCUT2D eigenvalue weighted by molar-refractivity contribution is -0.389. The van der Waals surface area contributed by atoms with Gasteiger partial charge in [-0.3, -0.25) is 0 Å². The van der Waals surface area contributed by atoms with Crippen LogP contribution in [0.25, 0.3) is 4.96 Å². The van der Waals surface area contributed by atoms with Crippen molar-refractivity contribution in [2.24, 2.45) is 0 Å². The maximum Gasteiger partial charge on any atom is 0.372 e. The summed E-state index contributed by atoms with van der Waals surface area (Å²) in [6, 6.07) is 5.60. The Labute approximate surface area is 134 Å². The number of anilines is 1. The van der Waals surface area contributed by atoms with Crippen molar-refractivity contribution in [1.82, 2.24) is 9.38 Å². The highest BCUT2D eigenvalue weighted by atomic mass is 32.1. The molecule has 0 fully saturated rings. The van der Waals surface area contributed by atoms with Crippen LogP contribution in [0.1, 0.15) is 5.56 Å². The molecule has 3 aromatic rings. The van der Waals surface area contributed by atoms with E-state index in [1.807, 2.05) is 18.2 Å². The molecular formula is C14H12N4O4S. The van der Waals surface area contributed by atoms with Gasteiger partial charge in [0.15, 0.2) is 11.5 Å². The number of benzene rings is 1. The van der Waals surface area contributed by atoms with Gasteiger partial charge in [0.2, 0.25) is 5.82 Å². The third kappa shape index (κ3) is 2.44. The molecule has 0 saturated carbocycles. The van der Waals surface area contributed by atoms with Crippen molar-refractivity contribution < 1.29 is 14.4 Å². The summed E-state index contributed by atoms with van der Waals surface area (Å²) in [4.78, 5) is 15.7. The number of rotatable bonds is 4. The molecule has 0 radical (unpaired) electrons. The molecule has 0 spiro atoms. The predicted octanol–water partition coefficient (Wildman–Crippen LogP) is 2.69. The average Bonchev–Trinajstić information content (AvgIpc) is 3.12. The summed E-state index contributed by atoms with van der Waals surface area (Å²) in [5.74, 6) is 1.61. The van der Waals surface area contributed by atoms with Crippen LogP contribution in [0.3, 0.4) is 0 Å². The van der Waals surface area contributed by atoms with E-state index in [-0.39, 0.29) is 11.6 Å². The number of imidazole rings is 1. The highest BCUT2D eigenvalue weighted by Gasteiger charge is 2.23. The summed E-state index contributed by atoms with van der Waals surface area (Å²) in [5, 5.41) is 16.1. The van der Waals surface area contributed by atoms with Crippen LogP contribution in [-0.2, 0) is 6.54 Å². The van der Waals surface area contributed by atoms with Crippen LogP contribution in [-0.4, -0.2) is 27.5 Å². The predicted molar refractivity (Wildman–Crippen MR) is 84.5 cm³/mol. The minimum atomic E-state index is -0.432. The number of hydrogen-bond donors (Lipinski definition) is 1. The van der Waals surface area contributed by atoms with Crippen LogP contribution in [0, 0.1) is 10.1 Å². The van der Waals surface area contributed by atoms with Crippen LogP contribution in [0.15, 0.2) is 29.8 Å². The third-order valence-electron chi connectivity index (χ3n) is 3.48. The summed E-state index contributed by atoms with van der Waals surface area (Å²) in [5.41, 5.74) is 0.930. The monoisotopic (exact) mass is 332 g/mol. The number of thiazole rings is 1. The van der Waals surface area contributed by atoms with Crippen molar-refractivity contribution in [2.75, 3.05) is 18.5 Å². The van der Waals surface area contributed by atoms with Gasteiger partial charge in [-0.25, -0.2) is 0 Å². The lowest BCUT2D eigenvalue weighted by Crippen LogP contribution is -2.15. The first-order chi connectivity index (χ1) is 11.2. The first kappa shape index (κ1) is 13.8. The Hall–Kier alpha value is -2.81. The van der Waals surface area contributed by atoms with Crippen LogP contribution in [0.2, 0.25) is 0 Å². The van der Waals surface area contributed by atoms with E-state index in [1.54, 1.807) is 11.6 Å². The zero-order valence-electron chi connectivity index (χ0n) is 11.9. The Kier molecular flexibility index (Phi) is 3.27. The number of nitrogens with zero attached hydrogens (tertiary/aromatic N) is 3. The Bertz CT molecular complexity index is 888. The van der Waals surface area contributed by atoms with E-state index >= 15 is 0 Å². The molecule has 1 aliphatic heterocycles. The van der Waals surface area contributed by atoms with E-state index in [4.69, 9.17) is 9.47 Å². The largest absolute Gasteiger partial charge is 0.486 e. The first-order valence-corrected chi connectivity index (χ1v) is 7.82. The number of nitrogens with one attached hydrogen (secondary N) is 1. The normalized spacial score (nSPS) is 13.2. The van der Waals surface area contributed by atoms with Crippen LogP contribution >= 0.6 is 11.3 Å². The van der Waals surface area contributed by atoms with Gasteiger partial charge >= 0.3 is 5.82 Å². The summed E-state index contributed by atoms with van der Waals surface area (Å²) in [6.07, 6.45) is 1.64. The van der Waals surface area contributed by atoms with E-state index in [1.165, 1.54) is 15.7 Å². The van der Waals surface area contributed by atoms with Crippen LogP contribution in [0.5, 0.6) is 11.5 Å². The Morgan fingerprint density at radius 2 is 2.17 bits per heavy atom. The second-order valence-corrected chi connectivity index (χ2v) is 5.80. The minimum absolute atomic E-state index is 0.0567. The number of ether oxygens (including phenoxy) is 2. The fourth-order valence-corrected chi connectivity index (χ4v) is 3.16. The molecule has 2 aromatic heterocycles. The number of hydrogen-bond acceptors (Lipinski definition) is 7. The zero-order chi connectivity index (χ0) is 15.8. The molecule has 0 aliphatic carbocycles. The first-order valence-electron chi connectivity index (χ1n) is 6.95. The van der Waals surface area contributed by atoms with Gasteiger partial charge in [-0.15, -0.1) is 0 Å². The lowest BCUT2D eigenvalue weighted by atomic mass is 10.2. The van der Waals surface area contributed by atoms with E-state index < -0.39 is 4.92 Å². The molecule has 3 heterocycles. The van der Waals surface area contributed by atoms with Crippen molar-refractivity contribution in [3.63, 3.8) is 0 Å². The molecule has 8 nitrogen and oxygen atoms in total. The molecule has 0 amide bonds. The maximum atomic E-state index is 11.3. The van der Waals surface area contributed by atoms with Gasteiger partial charge in [0.25, 0.3) is 4.96 Å². The van der Waals surface area contributed by atoms with Gasteiger partial charge in [0.05, 0.1) is 0 Å². The molecule has 0 saturated heterocycles. The zero-order valence-corrected chi connectivity index (χ0v) is 12.7. The molecule has 1 N–H and O–H groups in total. The maximum absolute atomic E-state index is 11.3. The quantitative estimate of drug-likeness (QED) is 0.583. The lowest BCUT2D eigenvalue weighted by Gasteiger charge is -2.18. The van der Waals surface area contributed by atoms with Crippen LogP contribution < -0.4 is 14.8 Å². The number of nitro groups is 1. The second kappa shape index (κ2) is 5.43. The smallest absolute Gasteiger partial charge is 0.372 e. The van der Waals surface area contributed by atoms with Crippen LogP contribution in [0.4, 0.5) is 11.6 Å². The summed E-state index contributed by atoms with van der Waals surface area (Å²) >= 11 is 1.35. The minimum Gasteiger partial charge on any atom is -0.486 e. The topological polar surface area (TPSA) is 90.9 Å². The van der Waals surface area contributed by atoms with Crippen molar-refractivity contribution in [3.05, 3.63) is 45.5 Å². The van der Waals surface area contributed by atoms with Crippen molar-refractivity contribution in [1.29, 1.82) is 0 Å². The average molecular weight is 332 g/mol. The standard InChI is InChI=1S/C14H12N4O4S/c19-18(20)13-12(16-14-17(13)3-6-23-14)15-8-9-1-2-10-11(7-9)22-5-4-21-10/h1-3,6-7,15H,4-5,8H2. The Balaban J connectivity index is 1.58. The second-order valence-electron chi connectivity index (χ2n) is 4.93. The Morgan fingerprint density at radius 1 is 1.35 bits per heavy atom. The van der Waals surface area contributed by atoms with Gasteiger partial charge in [-0.2, -0.15) is 9.38 Å². The fraction of sp³-hybridized carbons (Fsp3) is 0.214. The van der Waals surface area contributed by atoms with Crippen molar-refractivity contribution >= 4 is 27.9 Å². The Morgan fingerprint density at radius 3 is 3.00 bits per heavy atom.